The van der Waals surface area contributed by atoms with Crippen LogP contribution >= 0.6 is 0 Å². The SMILES string of the molecule is CC(C)(C)OC(=O)C(C)([Se]c1ccccc1)[C@@H]1CCOC(C)(C)O1. The van der Waals surface area contributed by atoms with Crippen molar-refractivity contribution < 1.29 is 19.0 Å². The summed E-state index contributed by atoms with van der Waals surface area (Å²) in [6.45, 7) is 12.0. The fourth-order valence-corrected chi connectivity index (χ4v) is 5.12. The number of hydrogen-bond donors (Lipinski definition) is 0. The first-order valence-electron chi connectivity index (χ1n) is 8.31. The zero-order valence-corrected chi connectivity index (χ0v) is 17.1. The van der Waals surface area contributed by atoms with E-state index in [4.69, 9.17) is 14.2 Å². The Hall–Kier alpha value is -0.871. The van der Waals surface area contributed by atoms with E-state index in [9.17, 15) is 4.79 Å². The van der Waals surface area contributed by atoms with Crippen molar-refractivity contribution in [3.05, 3.63) is 30.3 Å². The van der Waals surface area contributed by atoms with Crippen LogP contribution in [0.1, 0.15) is 48.0 Å². The Labute approximate surface area is 151 Å². The van der Waals surface area contributed by atoms with Crippen LogP contribution in [-0.2, 0) is 19.0 Å². The monoisotopic (exact) mass is 400 g/mol. The molecule has 1 aromatic rings. The Kier molecular flexibility index (Phi) is 5.81. The van der Waals surface area contributed by atoms with Gasteiger partial charge in [0.05, 0.1) is 0 Å². The van der Waals surface area contributed by atoms with Crippen molar-refractivity contribution in [2.24, 2.45) is 0 Å². The first kappa shape index (κ1) is 19.5. The van der Waals surface area contributed by atoms with Crippen LogP contribution in [-0.4, -0.2) is 45.0 Å². The average Bonchev–Trinajstić information content (AvgIpc) is 2.45. The molecule has 0 bridgehead atoms. The fraction of sp³-hybridized carbons (Fsp3) is 0.632. The molecule has 0 N–H and O–H groups in total. The first-order chi connectivity index (χ1) is 11.0. The minimum absolute atomic E-state index is 0.116. The van der Waals surface area contributed by atoms with Gasteiger partial charge in [-0.05, 0) is 0 Å². The third-order valence-corrected chi connectivity index (χ3v) is 6.60. The predicted octanol–water partition coefficient (Wildman–Crippen LogP) is 3.08. The van der Waals surface area contributed by atoms with Gasteiger partial charge < -0.3 is 0 Å². The van der Waals surface area contributed by atoms with E-state index in [1.54, 1.807) is 0 Å². The second-order valence-corrected chi connectivity index (χ2v) is 10.9. The van der Waals surface area contributed by atoms with Gasteiger partial charge in [0.25, 0.3) is 0 Å². The van der Waals surface area contributed by atoms with Crippen molar-refractivity contribution in [1.82, 2.24) is 0 Å². The van der Waals surface area contributed by atoms with Crippen molar-refractivity contribution >= 4 is 25.4 Å². The molecule has 134 valence electrons. The quantitative estimate of drug-likeness (QED) is 0.577. The van der Waals surface area contributed by atoms with Crippen LogP contribution < -0.4 is 4.46 Å². The number of ether oxygens (including phenoxy) is 3. The second-order valence-electron chi connectivity index (χ2n) is 7.67. The van der Waals surface area contributed by atoms with E-state index in [1.807, 2.05) is 59.7 Å². The van der Waals surface area contributed by atoms with Crippen molar-refractivity contribution in [1.29, 1.82) is 0 Å². The van der Waals surface area contributed by atoms with Gasteiger partial charge in [-0.25, -0.2) is 0 Å². The Morgan fingerprint density at radius 2 is 1.83 bits per heavy atom. The molecule has 1 aromatic carbocycles. The molecule has 1 heterocycles. The standard InChI is InChI=1S/C19H28O4Se/c1-17(2,3)23-16(20)19(6,24-14-10-8-7-9-11-14)15-12-13-21-18(4,5)22-15/h7-11,15H,12-13H2,1-6H3/t15-,19?/m0/s1. The summed E-state index contributed by atoms with van der Waals surface area (Å²) in [4.78, 5) is 13.1. The summed E-state index contributed by atoms with van der Waals surface area (Å²) < 4.78 is 18.0. The molecule has 0 aliphatic carbocycles. The zero-order valence-electron chi connectivity index (χ0n) is 15.4. The molecule has 0 amide bonds. The molecule has 0 radical (unpaired) electrons. The van der Waals surface area contributed by atoms with Gasteiger partial charge in [0, 0.05) is 0 Å². The van der Waals surface area contributed by atoms with E-state index in [0.29, 0.717) is 13.0 Å². The van der Waals surface area contributed by atoms with Gasteiger partial charge in [0.1, 0.15) is 0 Å². The predicted molar refractivity (Wildman–Crippen MR) is 95.6 cm³/mol. The van der Waals surface area contributed by atoms with Gasteiger partial charge in [0.15, 0.2) is 0 Å². The van der Waals surface area contributed by atoms with E-state index < -0.39 is 15.7 Å². The van der Waals surface area contributed by atoms with Crippen LogP contribution in [0.2, 0.25) is 4.31 Å². The number of esters is 1. The van der Waals surface area contributed by atoms with Gasteiger partial charge in [0.2, 0.25) is 0 Å². The fourth-order valence-electron chi connectivity index (χ4n) is 2.59. The van der Waals surface area contributed by atoms with Gasteiger partial charge in [-0.3, -0.25) is 0 Å². The first-order valence-corrected chi connectivity index (χ1v) is 10.0. The molecule has 1 saturated heterocycles. The molecule has 0 spiro atoms. The summed E-state index contributed by atoms with van der Waals surface area (Å²) in [6.07, 6.45) is 0.463. The topological polar surface area (TPSA) is 44.8 Å². The van der Waals surface area contributed by atoms with E-state index >= 15 is 0 Å². The van der Waals surface area contributed by atoms with Gasteiger partial charge >= 0.3 is 151 Å². The second kappa shape index (κ2) is 7.17. The Morgan fingerprint density at radius 1 is 1.21 bits per heavy atom. The third-order valence-electron chi connectivity index (χ3n) is 3.75. The minimum atomic E-state index is -0.706. The summed E-state index contributed by atoms with van der Waals surface area (Å²) in [5, 5.41) is 0. The van der Waals surface area contributed by atoms with Crippen LogP contribution in [0.3, 0.4) is 0 Å². The van der Waals surface area contributed by atoms with Crippen LogP contribution in [0, 0.1) is 0 Å². The van der Waals surface area contributed by atoms with Crippen molar-refractivity contribution in [3.63, 3.8) is 0 Å². The van der Waals surface area contributed by atoms with E-state index in [2.05, 4.69) is 12.1 Å². The third kappa shape index (κ3) is 5.06. The van der Waals surface area contributed by atoms with Crippen LogP contribution in [0.15, 0.2) is 30.3 Å². The normalized spacial score (nSPS) is 23.3. The van der Waals surface area contributed by atoms with Gasteiger partial charge in [-0.15, -0.1) is 0 Å². The van der Waals surface area contributed by atoms with E-state index in [1.165, 1.54) is 0 Å². The number of carbonyl (C=O) groups is 1. The summed E-state index contributed by atoms with van der Waals surface area (Å²) >= 11 is -0.116. The zero-order chi connectivity index (χ0) is 18.0. The number of hydrogen-bond acceptors (Lipinski definition) is 4. The molecular formula is C19H28O4Se. The Morgan fingerprint density at radius 3 is 2.38 bits per heavy atom. The number of benzene rings is 1. The molecule has 2 atom stereocenters. The molecule has 4 nitrogen and oxygen atoms in total. The Bertz CT molecular complexity index is 564. The van der Waals surface area contributed by atoms with E-state index in [0.717, 1.165) is 4.46 Å². The molecule has 24 heavy (non-hydrogen) atoms. The van der Waals surface area contributed by atoms with Crippen LogP contribution in [0.5, 0.6) is 0 Å². The molecular weight excluding hydrogens is 371 g/mol. The number of rotatable bonds is 4. The molecule has 0 saturated carbocycles. The Balaban J connectivity index is 2.31. The molecule has 1 aliphatic heterocycles. The van der Waals surface area contributed by atoms with Crippen LogP contribution in [0.25, 0.3) is 0 Å². The molecule has 1 unspecified atom stereocenters. The summed E-state index contributed by atoms with van der Waals surface area (Å²) in [5.41, 5.74) is -0.522. The molecule has 5 heteroatoms. The van der Waals surface area contributed by atoms with Gasteiger partial charge in [-0.2, -0.15) is 0 Å². The van der Waals surface area contributed by atoms with E-state index in [-0.39, 0.29) is 27.0 Å². The van der Waals surface area contributed by atoms with Crippen LogP contribution in [0.4, 0.5) is 0 Å². The molecule has 1 fully saturated rings. The molecule has 1 aliphatic rings. The summed E-state index contributed by atoms with van der Waals surface area (Å²) in [7, 11) is 0. The van der Waals surface area contributed by atoms with Crippen molar-refractivity contribution in [2.45, 2.75) is 69.8 Å². The average molecular weight is 399 g/mol. The van der Waals surface area contributed by atoms with Crippen molar-refractivity contribution in [2.75, 3.05) is 6.61 Å². The molecule has 0 aromatic heterocycles. The van der Waals surface area contributed by atoms with Gasteiger partial charge in [-0.1, -0.05) is 0 Å². The maximum absolute atomic E-state index is 13.1. The molecule has 2 rings (SSSR count). The summed E-state index contributed by atoms with van der Waals surface area (Å²) in [5.74, 6) is -0.875. The van der Waals surface area contributed by atoms with Crippen molar-refractivity contribution in [3.8, 4) is 0 Å². The summed E-state index contributed by atoms with van der Waals surface area (Å²) in [6, 6.07) is 10.1. The number of carbonyl (C=O) groups excluding carboxylic acids is 1. The maximum atomic E-state index is 13.1.